The van der Waals surface area contributed by atoms with Crippen LogP contribution in [0, 0.1) is 18.3 Å². The van der Waals surface area contributed by atoms with Gasteiger partial charge in [0.25, 0.3) is 0 Å². The first kappa shape index (κ1) is 18.1. The lowest BCUT2D eigenvalue weighted by Crippen LogP contribution is -2.28. The van der Waals surface area contributed by atoms with Gasteiger partial charge >= 0.3 is 0 Å². The van der Waals surface area contributed by atoms with Gasteiger partial charge in [0.2, 0.25) is 10.0 Å². The molecule has 1 heterocycles. The van der Waals surface area contributed by atoms with Gasteiger partial charge in [-0.25, -0.2) is 18.1 Å². The van der Waals surface area contributed by atoms with Crippen LogP contribution in [0.2, 0.25) is 0 Å². The molecule has 7 heteroatoms. The van der Waals surface area contributed by atoms with Crippen molar-refractivity contribution in [3.05, 3.63) is 59.4 Å². The Bertz CT molecular complexity index is 1090. The van der Waals surface area contributed by atoms with E-state index in [9.17, 15) is 8.42 Å². The number of nitrogens with zero attached hydrogens (tertiary/aromatic N) is 3. The minimum Gasteiger partial charge on any atom is -0.327 e. The van der Waals surface area contributed by atoms with Crippen molar-refractivity contribution < 1.29 is 8.42 Å². The van der Waals surface area contributed by atoms with E-state index < -0.39 is 16.1 Å². The summed E-state index contributed by atoms with van der Waals surface area (Å²) >= 11 is 0. The third kappa shape index (κ3) is 3.34. The minimum absolute atomic E-state index is 0.123. The van der Waals surface area contributed by atoms with Crippen molar-refractivity contribution in [1.82, 2.24) is 14.3 Å². The van der Waals surface area contributed by atoms with Gasteiger partial charge in [0, 0.05) is 6.54 Å². The van der Waals surface area contributed by atoms with Gasteiger partial charge < -0.3 is 4.57 Å². The number of sulfonamides is 1. The van der Waals surface area contributed by atoms with Gasteiger partial charge in [-0.1, -0.05) is 6.07 Å². The van der Waals surface area contributed by atoms with Crippen LogP contribution in [-0.2, 0) is 16.6 Å². The molecular weight excluding hydrogens is 348 g/mol. The molecular formula is C19H20N4O2S. The van der Waals surface area contributed by atoms with Gasteiger partial charge in [-0.2, -0.15) is 5.26 Å². The average Bonchev–Trinajstić information content (AvgIpc) is 2.99. The molecule has 0 aliphatic heterocycles. The number of fused-ring (bicyclic) bond motifs is 1. The van der Waals surface area contributed by atoms with Crippen LogP contribution in [0.4, 0.5) is 0 Å². The lowest BCUT2D eigenvalue weighted by Gasteiger charge is -2.15. The highest BCUT2D eigenvalue weighted by Gasteiger charge is 2.22. The summed E-state index contributed by atoms with van der Waals surface area (Å²) in [5.41, 5.74) is 3.38. The van der Waals surface area contributed by atoms with E-state index in [1.807, 2.05) is 36.6 Å². The molecule has 0 unspecified atom stereocenters. The Kier molecular flexibility index (Phi) is 4.81. The van der Waals surface area contributed by atoms with Crippen LogP contribution >= 0.6 is 0 Å². The zero-order valence-corrected chi connectivity index (χ0v) is 15.7. The van der Waals surface area contributed by atoms with Gasteiger partial charge in [-0.3, -0.25) is 0 Å². The smallest absolute Gasteiger partial charge is 0.241 e. The lowest BCUT2D eigenvalue weighted by molar-refractivity contribution is 0.549. The van der Waals surface area contributed by atoms with Crippen LogP contribution in [0.3, 0.4) is 0 Å². The third-order valence-corrected chi connectivity index (χ3v) is 5.82. The predicted molar refractivity (Wildman–Crippen MR) is 100 cm³/mol. The van der Waals surface area contributed by atoms with Crippen LogP contribution in [0.1, 0.15) is 36.8 Å². The van der Waals surface area contributed by atoms with E-state index in [4.69, 9.17) is 5.26 Å². The van der Waals surface area contributed by atoms with Crippen molar-refractivity contribution in [2.45, 2.75) is 38.3 Å². The summed E-state index contributed by atoms with van der Waals surface area (Å²) < 4.78 is 30.0. The van der Waals surface area contributed by atoms with Gasteiger partial charge in [-0.15, -0.1) is 0 Å². The molecule has 0 aliphatic rings. The van der Waals surface area contributed by atoms with Gasteiger partial charge in [0.15, 0.2) is 0 Å². The number of benzene rings is 2. The molecule has 0 bridgehead atoms. The Balaban J connectivity index is 1.95. The summed E-state index contributed by atoms with van der Waals surface area (Å²) in [7, 11) is -3.72. The van der Waals surface area contributed by atoms with E-state index >= 15 is 0 Å². The summed E-state index contributed by atoms with van der Waals surface area (Å²) in [6.07, 6.45) is 0. The largest absolute Gasteiger partial charge is 0.327 e. The molecule has 3 rings (SSSR count). The monoisotopic (exact) mass is 368 g/mol. The van der Waals surface area contributed by atoms with Crippen LogP contribution < -0.4 is 4.72 Å². The summed E-state index contributed by atoms with van der Waals surface area (Å²) in [4.78, 5) is 4.75. The second-order valence-electron chi connectivity index (χ2n) is 6.19. The van der Waals surface area contributed by atoms with Crippen LogP contribution in [-0.4, -0.2) is 18.0 Å². The molecule has 3 aromatic rings. The van der Waals surface area contributed by atoms with Gasteiger partial charge in [-0.05, 0) is 62.7 Å². The van der Waals surface area contributed by atoms with E-state index in [-0.39, 0.29) is 4.90 Å². The first-order valence-corrected chi connectivity index (χ1v) is 9.83. The highest BCUT2D eigenvalue weighted by Crippen LogP contribution is 2.23. The van der Waals surface area contributed by atoms with Gasteiger partial charge in [0.1, 0.15) is 5.82 Å². The Morgan fingerprint density at radius 1 is 1.23 bits per heavy atom. The molecule has 0 aliphatic carbocycles. The van der Waals surface area contributed by atoms with Crippen LogP contribution in [0.5, 0.6) is 0 Å². The Morgan fingerprint density at radius 3 is 2.54 bits per heavy atom. The fraction of sp³-hybridized carbons (Fsp3) is 0.263. The van der Waals surface area contributed by atoms with Crippen molar-refractivity contribution in [1.29, 1.82) is 5.26 Å². The maximum atomic E-state index is 12.7. The van der Waals surface area contributed by atoms with E-state index in [1.54, 1.807) is 6.92 Å². The van der Waals surface area contributed by atoms with Crippen LogP contribution in [0.25, 0.3) is 11.0 Å². The molecule has 1 N–H and O–H groups in total. The highest BCUT2D eigenvalue weighted by molar-refractivity contribution is 7.89. The second kappa shape index (κ2) is 6.90. The van der Waals surface area contributed by atoms with E-state index in [0.717, 1.165) is 16.6 Å². The van der Waals surface area contributed by atoms with Crippen molar-refractivity contribution in [2.75, 3.05) is 0 Å². The summed E-state index contributed by atoms with van der Waals surface area (Å²) in [5, 5.41) is 8.85. The molecule has 0 fully saturated rings. The summed E-state index contributed by atoms with van der Waals surface area (Å²) in [6, 6.07) is 13.3. The Morgan fingerprint density at radius 2 is 1.92 bits per heavy atom. The number of hydrogen-bond donors (Lipinski definition) is 1. The molecule has 26 heavy (non-hydrogen) atoms. The normalized spacial score (nSPS) is 12.8. The standard InChI is InChI=1S/C19H20N4O2S/c1-4-23-18-11-13(2)5-10-17(18)21-19(23)14(3)22-26(24,25)16-8-6-15(12-20)7-9-16/h5-11,14,22H,4H2,1-3H3/t14-/m1/s1. The zero-order valence-electron chi connectivity index (χ0n) is 14.9. The zero-order chi connectivity index (χ0) is 18.9. The molecule has 0 saturated heterocycles. The summed E-state index contributed by atoms with van der Waals surface area (Å²) in [6.45, 7) is 6.50. The topological polar surface area (TPSA) is 87.8 Å². The molecule has 6 nitrogen and oxygen atoms in total. The number of nitrogens with one attached hydrogen (secondary N) is 1. The maximum Gasteiger partial charge on any atom is 0.241 e. The molecule has 2 aromatic carbocycles. The molecule has 0 radical (unpaired) electrons. The highest BCUT2D eigenvalue weighted by atomic mass is 32.2. The molecule has 0 saturated carbocycles. The number of aryl methyl sites for hydroxylation is 2. The fourth-order valence-electron chi connectivity index (χ4n) is 2.98. The quantitative estimate of drug-likeness (QED) is 0.748. The van der Waals surface area contributed by atoms with Crippen LogP contribution in [0.15, 0.2) is 47.4 Å². The van der Waals surface area contributed by atoms with Crippen molar-refractivity contribution >= 4 is 21.1 Å². The predicted octanol–water partition coefficient (Wildman–Crippen LogP) is 3.28. The van der Waals surface area contributed by atoms with Crippen molar-refractivity contribution in [2.24, 2.45) is 0 Å². The number of rotatable bonds is 5. The summed E-state index contributed by atoms with van der Waals surface area (Å²) in [5.74, 6) is 0.672. The number of nitriles is 1. The van der Waals surface area contributed by atoms with Crippen molar-refractivity contribution in [3.63, 3.8) is 0 Å². The molecule has 0 amide bonds. The molecule has 1 aromatic heterocycles. The van der Waals surface area contributed by atoms with E-state index in [2.05, 4.69) is 15.8 Å². The maximum absolute atomic E-state index is 12.7. The van der Waals surface area contributed by atoms with Crippen molar-refractivity contribution in [3.8, 4) is 6.07 Å². The number of aromatic nitrogens is 2. The molecule has 1 atom stereocenters. The first-order valence-electron chi connectivity index (χ1n) is 8.35. The fourth-order valence-corrected chi connectivity index (χ4v) is 4.18. The Hall–Kier alpha value is -2.69. The van der Waals surface area contributed by atoms with E-state index in [1.165, 1.54) is 24.3 Å². The number of hydrogen-bond acceptors (Lipinski definition) is 4. The third-order valence-electron chi connectivity index (χ3n) is 4.26. The minimum atomic E-state index is -3.72. The second-order valence-corrected chi connectivity index (χ2v) is 7.90. The number of imidazole rings is 1. The average molecular weight is 368 g/mol. The van der Waals surface area contributed by atoms with E-state index in [0.29, 0.717) is 17.9 Å². The SMILES string of the molecule is CCn1c([C@@H](C)NS(=O)(=O)c2ccc(C#N)cc2)nc2ccc(C)cc21. The Labute approximate surface area is 153 Å². The molecule has 0 spiro atoms. The van der Waals surface area contributed by atoms with Gasteiger partial charge in [0.05, 0.1) is 33.6 Å². The first-order chi connectivity index (χ1) is 12.4. The molecule has 134 valence electrons. The lowest BCUT2D eigenvalue weighted by atomic mass is 10.2.